The fraction of sp³-hybridized carbons (Fsp3) is 0.143. The van der Waals surface area contributed by atoms with Crippen LogP contribution in [0.15, 0.2) is 152 Å². The molecule has 0 radical (unpaired) electrons. The number of rotatable bonds is 5. The molecule has 3 aliphatic rings. The zero-order valence-corrected chi connectivity index (χ0v) is 20.3. The van der Waals surface area contributed by atoms with Gasteiger partial charge >= 0.3 is 0 Å². The Morgan fingerprint density at radius 1 is 0.351 bits per heavy atom. The van der Waals surface area contributed by atoms with Crippen molar-refractivity contribution < 1.29 is 9.47 Å². The standard InChI is InChI=1S/C35H26O2/c1-6-16-26(17-7-1)31-32(27-18-8-2-9-19-27)34(36-32,29-22-12-4-13-23-29)35(30-24-14-5-15-25-30)33(31,37-35)28-20-10-3-11-21-28/h1-25,31H. The average molecular weight is 479 g/mol. The van der Waals surface area contributed by atoms with Crippen LogP contribution in [0.5, 0.6) is 0 Å². The SMILES string of the molecule is c1ccc(C2C3(c4ccccc4)OC3(c3ccccc3)C3(c4ccccc4)OC23c2ccccc2)cc1. The van der Waals surface area contributed by atoms with Gasteiger partial charge in [-0.3, -0.25) is 0 Å². The van der Waals surface area contributed by atoms with Crippen molar-refractivity contribution in [3.63, 3.8) is 0 Å². The van der Waals surface area contributed by atoms with Crippen LogP contribution in [0.2, 0.25) is 0 Å². The number of benzene rings is 5. The van der Waals surface area contributed by atoms with E-state index in [4.69, 9.17) is 9.47 Å². The van der Waals surface area contributed by atoms with E-state index in [-0.39, 0.29) is 5.92 Å². The molecule has 5 aromatic rings. The maximum atomic E-state index is 7.30. The third kappa shape index (κ3) is 2.34. The van der Waals surface area contributed by atoms with E-state index in [0.29, 0.717) is 0 Å². The maximum absolute atomic E-state index is 7.30. The van der Waals surface area contributed by atoms with E-state index >= 15 is 0 Å². The van der Waals surface area contributed by atoms with Crippen LogP contribution in [0.25, 0.3) is 0 Å². The van der Waals surface area contributed by atoms with E-state index < -0.39 is 22.4 Å². The quantitative estimate of drug-likeness (QED) is 0.246. The normalized spacial score (nSPS) is 32.8. The summed E-state index contributed by atoms with van der Waals surface area (Å²) in [5.74, 6) is -0.0635. The highest BCUT2D eigenvalue weighted by Crippen LogP contribution is 2.95. The van der Waals surface area contributed by atoms with E-state index in [0.717, 1.165) is 11.1 Å². The molecule has 2 aliphatic heterocycles. The molecule has 1 saturated carbocycles. The molecule has 0 aromatic heterocycles. The lowest BCUT2D eigenvalue weighted by Gasteiger charge is -2.29. The van der Waals surface area contributed by atoms with Gasteiger partial charge in [-0.05, 0) is 27.8 Å². The Hall–Kier alpha value is -3.98. The fourth-order valence-electron chi connectivity index (χ4n) is 7.55. The van der Waals surface area contributed by atoms with E-state index in [1.165, 1.54) is 16.7 Å². The minimum absolute atomic E-state index is 0.0635. The molecule has 5 aromatic carbocycles. The van der Waals surface area contributed by atoms with Gasteiger partial charge in [-0.25, -0.2) is 0 Å². The van der Waals surface area contributed by atoms with Crippen LogP contribution in [0, 0.1) is 0 Å². The Morgan fingerprint density at radius 3 is 1.00 bits per heavy atom. The number of hydrogen-bond acceptors (Lipinski definition) is 2. The van der Waals surface area contributed by atoms with E-state index in [1.807, 2.05) is 0 Å². The van der Waals surface area contributed by atoms with Crippen molar-refractivity contribution in [3.8, 4) is 0 Å². The van der Waals surface area contributed by atoms with Gasteiger partial charge in [0, 0.05) is 0 Å². The summed E-state index contributed by atoms with van der Waals surface area (Å²) in [5.41, 5.74) is 3.33. The Kier molecular flexibility index (Phi) is 4.16. The first-order chi connectivity index (χ1) is 18.3. The van der Waals surface area contributed by atoms with Crippen LogP contribution < -0.4 is 0 Å². The molecule has 0 bridgehead atoms. The predicted octanol–water partition coefficient (Wildman–Crippen LogP) is 7.43. The molecule has 8 rings (SSSR count). The van der Waals surface area contributed by atoms with Gasteiger partial charge in [0.15, 0.2) is 11.2 Å². The summed E-state index contributed by atoms with van der Waals surface area (Å²) in [6, 6.07) is 53.8. The van der Waals surface area contributed by atoms with Crippen molar-refractivity contribution in [2.75, 3.05) is 0 Å². The lowest BCUT2D eigenvalue weighted by atomic mass is 9.73. The molecule has 2 nitrogen and oxygen atoms in total. The van der Waals surface area contributed by atoms with Crippen molar-refractivity contribution in [2.45, 2.75) is 28.3 Å². The zero-order chi connectivity index (χ0) is 24.6. The van der Waals surface area contributed by atoms with Gasteiger partial charge in [-0.1, -0.05) is 152 Å². The molecule has 2 heterocycles. The van der Waals surface area contributed by atoms with Crippen molar-refractivity contribution in [3.05, 3.63) is 179 Å². The van der Waals surface area contributed by atoms with Crippen LogP contribution in [0.4, 0.5) is 0 Å². The second-order valence-electron chi connectivity index (χ2n) is 10.3. The number of epoxide rings is 2. The Morgan fingerprint density at radius 2 is 0.649 bits per heavy atom. The van der Waals surface area contributed by atoms with Crippen molar-refractivity contribution >= 4 is 0 Å². The first kappa shape index (κ1) is 21.1. The van der Waals surface area contributed by atoms with Crippen LogP contribution >= 0.6 is 0 Å². The molecular formula is C35H26O2. The van der Waals surface area contributed by atoms with Crippen LogP contribution in [-0.2, 0) is 31.9 Å². The van der Waals surface area contributed by atoms with Gasteiger partial charge in [0.2, 0.25) is 0 Å². The summed E-state index contributed by atoms with van der Waals surface area (Å²) < 4.78 is 14.6. The Bertz CT molecular complexity index is 1470. The van der Waals surface area contributed by atoms with Crippen LogP contribution in [-0.4, -0.2) is 0 Å². The Labute approximate surface area is 217 Å². The summed E-state index contributed by atoms with van der Waals surface area (Å²) >= 11 is 0. The summed E-state index contributed by atoms with van der Waals surface area (Å²) in [4.78, 5) is 0. The number of ether oxygens (including phenoxy) is 2. The number of fused-ring (bicyclic) bond motifs is 3. The second-order valence-corrected chi connectivity index (χ2v) is 10.3. The van der Waals surface area contributed by atoms with Crippen LogP contribution in [0.1, 0.15) is 33.7 Å². The third-order valence-corrected chi connectivity index (χ3v) is 8.80. The summed E-state index contributed by atoms with van der Waals surface area (Å²) in [6.07, 6.45) is 0. The first-order valence-corrected chi connectivity index (χ1v) is 13.0. The first-order valence-electron chi connectivity index (χ1n) is 13.0. The fourth-order valence-corrected chi connectivity index (χ4v) is 7.55. The predicted molar refractivity (Wildman–Crippen MR) is 144 cm³/mol. The Balaban J connectivity index is 1.53. The molecule has 1 aliphatic carbocycles. The second kappa shape index (κ2) is 7.29. The van der Waals surface area contributed by atoms with E-state index in [9.17, 15) is 0 Å². The highest BCUT2D eigenvalue weighted by Gasteiger charge is 3.04. The molecule has 0 spiro atoms. The van der Waals surface area contributed by atoms with Crippen molar-refractivity contribution in [1.29, 1.82) is 0 Å². The molecule has 0 amide bonds. The molecule has 4 unspecified atom stereocenters. The van der Waals surface area contributed by atoms with Gasteiger partial charge in [0.25, 0.3) is 0 Å². The number of hydrogen-bond donors (Lipinski definition) is 0. The molecule has 178 valence electrons. The van der Waals surface area contributed by atoms with E-state index in [2.05, 4.69) is 152 Å². The van der Waals surface area contributed by atoms with E-state index in [1.54, 1.807) is 0 Å². The lowest BCUT2D eigenvalue weighted by molar-refractivity contribution is 0.154. The van der Waals surface area contributed by atoms with Gasteiger partial charge in [-0.2, -0.15) is 0 Å². The van der Waals surface area contributed by atoms with Crippen LogP contribution in [0.3, 0.4) is 0 Å². The molecule has 37 heavy (non-hydrogen) atoms. The molecular weight excluding hydrogens is 452 g/mol. The summed E-state index contributed by atoms with van der Waals surface area (Å²) in [7, 11) is 0. The molecule has 4 atom stereocenters. The van der Waals surface area contributed by atoms with Crippen molar-refractivity contribution in [1.82, 2.24) is 0 Å². The van der Waals surface area contributed by atoms with Gasteiger partial charge in [0.05, 0.1) is 5.92 Å². The molecule has 2 saturated heterocycles. The van der Waals surface area contributed by atoms with Crippen molar-refractivity contribution in [2.24, 2.45) is 0 Å². The largest absolute Gasteiger partial charge is 0.348 e. The highest BCUT2D eigenvalue weighted by atomic mass is 16.7. The minimum Gasteiger partial charge on any atom is -0.348 e. The topological polar surface area (TPSA) is 25.1 Å². The maximum Gasteiger partial charge on any atom is 0.165 e. The molecule has 2 heteroatoms. The highest BCUT2D eigenvalue weighted by molar-refractivity contribution is 5.66. The summed E-state index contributed by atoms with van der Waals surface area (Å²) in [5, 5.41) is 0. The van der Waals surface area contributed by atoms with Gasteiger partial charge in [-0.15, -0.1) is 0 Å². The molecule has 0 N–H and O–H groups in total. The smallest absolute Gasteiger partial charge is 0.165 e. The third-order valence-electron chi connectivity index (χ3n) is 8.80. The monoisotopic (exact) mass is 478 g/mol. The minimum atomic E-state index is -0.694. The summed E-state index contributed by atoms with van der Waals surface area (Å²) in [6.45, 7) is 0. The average Bonchev–Trinajstić information content (AvgIpc) is 3.88. The van der Waals surface area contributed by atoms with Gasteiger partial charge in [0.1, 0.15) is 11.2 Å². The van der Waals surface area contributed by atoms with Gasteiger partial charge < -0.3 is 9.47 Å². The molecule has 3 fully saturated rings. The zero-order valence-electron chi connectivity index (χ0n) is 20.3. The lowest BCUT2D eigenvalue weighted by Crippen LogP contribution is -2.33.